The third-order valence-corrected chi connectivity index (χ3v) is 5.61. The average molecular weight is 392 g/mol. The Kier molecular flexibility index (Phi) is 7.92. The largest absolute Gasteiger partial charge is 0.420 e. The van der Waals surface area contributed by atoms with Crippen molar-refractivity contribution in [3.63, 3.8) is 0 Å². The van der Waals surface area contributed by atoms with Crippen molar-refractivity contribution in [2.24, 2.45) is 0 Å². The van der Waals surface area contributed by atoms with E-state index in [4.69, 9.17) is 4.42 Å². The molecule has 1 heterocycles. The second kappa shape index (κ2) is 10.8. The lowest BCUT2D eigenvalue weighted by molar-refractivity contribution is 0.494. The Labute approximate surface area is 174 Å². The second-order valence-corrected chi connectivity index (χ2v) is 7.98. The predicted molar refractivity (Wildman–Crippen MR) is 120 cm³/mol. The molecular weight excluding hydrogens is 358 g/mol. The minimum absolute atomic E-state index is 0.266. The van der Waals surface area contributed by atoms with Crippen LogP contribution in [0.3, 0.4) is 0 Å². The van der Waals surface area contributed by atoms with Gasteiger partial charge in [0.25, 0.3) is 0 Å². The summed E-state index contributed by atoms with van der Waals surface area (Å²) in [7, 11) is 0. The topological polar surface area (TPSA) is 35.1 Å². The average Bonchev–Trinajstić information content (AvgIpc) is 3.08. The summed E-state index contributed by atoms with van der Waals surface area (Å²) in [5, 5.41) is 0. The molecule has 3 nitrogen and oxygen atoms in total. The minimum atomic E-state index is -0.266. The van der Waals surface area contributed by atoms with Crippen molar-refractivity contribution >= 4 is 0 Å². The predicted octanol–water partition coefficient (Wildman–Crippen LogP) is 7.01. The van der Waals surface area contributed by atoms with Crippen molar-refractivity contribution in [2.45, 2.75) is 71.3 Å². The smallest absolute Gasteiger partial charge is 0.407 e. The highest BCUT2D eigenvalue weighted by Gasteiger charge is 2.23. The van der Waals surface area contributed by atoms with Gasteiger partial charge < -0.3 is 4.42 Å². The molecule has 0 radical (unpaired) electrons. The first-order chi connectivity index (χ1) is 14.2. The van der Waals surface area contributed by atoms with Gasteiger partial charge in [-0.25, -0.2) is 4.79 Å². The van der Waals surface area contributed by atoms with E-state index in [1.807, 2.05) is 53.1 Å². The zero-order chi connectivity index (χ0) is 20.5. The van der Waals surface area contributed by atoms with Crippen molar-refractivity contribution in [3.8, 4) is 11.3 Å². The number of unbranched alkanes of at least 4 members (excludes halogenated alkanes) is 5. The number of nitrogens with zero attached hydrogens (tertiary/aromatic N) is 1. The van der Waals surface area contributed by atoms with Crippen LogP contribution in [0.15, 0.2) is 69.9 Å². The van der Waals surface area contributed by atoms with Gasteiger partial charge >= 0.3 is 5.76 Å². The van der Waals surface area contributed by atoms with Gasteiger partial charge in [-0.2, -0.15) is 0 Å². The summed E-state index contributed by atoms with van der Waals surface area (Å²) in [6, 6.07) is 20.2. The second-order valence-electron chi connectivity index (χ2n) is 7.98. The first-order valence-corrected chi connectivity index (χ1v) is 11.0. The summed E-state index contributed by atoms with van der Waals surface area (Å²) < 4.78 is 7.62. The molecule has 0 aliphatic carbocycles. The van der Waals surface area contributed by atoms with Crippen LogP contribution in [-0.2, 0) is 6.54 Å². The molecule has 3 heteroatoms. The molecule has 29 heavy (non-hydrogen) atoms. The number of hydrogen-bond acceptors (Lipinski definition) is 2. The van der Waals surface area contributed by atoms with Gasteiger partial charge in [0.05, 0.1) is 12.2 Å². The fraction of sp³-hybridized carbons (Fsp3) is 0.423. The number of rotatable bonds is 11. The van der Waals surface area contributed by atoms with Crippen LogP contribution in [-0.4, -0.2) is 4.57 Å². The molecule has 0 aliphatic rings. The first kappa shape index (κ1) is 21.2. The van der Waals surface area contributed by atoms with Crippen LogP contribution in [0.2, 0.25) is 0 Å². The maximum Gasteiger partial charge on any atom is 0.420 e. The highest BCUT2D eigenvalue weighted by Crippen LogP contribution is 2.32. The Morgan fingerprint density at radius 1 is 0.862 bits per heavy atom. The molecule has 0 saturated heterocycles. The van der Waals surface area contributed by atoms with Gasteiger partial charge in [0.1, 0.15) is 0 Å². The summed E-state index contributed by atoms with van der Waals surface area (Å²) in [5.74, 6) is 0.731. The summed E-state index contributed by atoms with van der Waals surface area (Å²) >= 11 is 0. The van der Waals surface area contributed by atoms with E-state index in [2.05, 4.69) is 26.0 Å². The van der Waals surface area contributed by atoms with Crippen molar-refractivity contribution in [3.05, 3.63) is 82.5 Å². The van der Waals surface area contributed by atoms with Crippen LogP contribution in [0, 0.1) is 0 Å². The van der Waals surface area contributed by atoms with E-state index in [-0.39, 0.29) is 11.7 Å². The Morgan fingerprint density at radius 2 is 1.48 bits per heavy atom. The van der Waals surface area contributed by atoms with Gasteiger partial charge in [-0.3, -0.25) is 4.57 Å². The van der Waals surface area contributed by atoms with Gasteiger partial charge in [0.2, 0.25) is 0 Å². The summed E-state index contributed by atoms with van der Waals surface area (Å²) in [5.41, 5.74) is 3.11. The Balaban J connectivity index is 1.84. The Morgan fingerprint density at radius 3 is 2.17 bits per heavy atom. The molecule has 1 atom stereocenters. The molecule has 1 unspecified atom stereocenters. The van der Waals surface area contributed by atoms with Gasteiger partial charge in [0.15, 0.2) is 5.76 Å². The van der Waals surface area contributed by atoms with E-state index in [0.29, 0.717) is 6.54 Å². The van der Waals surface area contributed by atoms with Crippen LogP contribution >= 0.6 is 0 Å². The van der Waals surface area contributed by atoms with Gasteiger partial charge in [-0.05, 0) is 12.0 Å². The fourth-order valence-corrected chi connectivity index (χ4v) is 3.99. The van der Waals surface area contributed by atoms with Crippen molar-refractivity contribution in [2.75, 3.05) is 0 Å². The van der Waals surface area contributed by atoms with E-state index in [1.54, 1.807) is 0 Å². The third-order valence-electron chi connectivity index (χ3n) is 5.61. The number of aromatic nitrogens is 1. The molecule has 0 saturated carbocycles. The van der Waals surface area contributed by atoms with Crippen LogP contribution in [0.4, 0.5) is 0 Å². The third kappa shape index (κ3) is 5.72. The van der Waals surface area contributed by atoms with E-state index in [9.17, 15) is 4.79 Å². The molecule has 3 aromatic rings. The van der Waals surface area contributed by atoms with Crippen molar-refractivity contribution < 1.29 is 4.42 Å². The molecule has 0 aliphatic heterocycles. The number of benzene rings is 2. The summed E-state index contributed by atoms with van der Waals surface area (Å²) in [6.07, 6.45) is 8.73. The molecule has 0 bridgehead atoms. The lowest BCUT2D eigenvalue weighted by Crippen LogP contribution is -2.19. The fourth-order valence-electron chi connectivity index (χ4n) is 3.99. The van der Waals surface area contributed by atoms with Crippen LogP contribution in [0.25, 0.3) is 11.3 Å². The van der Waals surface area contributed by atoms with Crippen LogP contribution < -0.4 is 5.76 Å². The molecular formula is C26H33NO2. The molecule has 3 rings (SSSR count). The lowest BCUT2D eigenvalue weighted by Gasteiger charge is -2.15. The van der Waals surface area contributed by atoms with E-state index >= 15 is 0 Å². The highest BCUT2D eigenvalue weighted by molar-refractivity contribution is 5.60. The molecule has 0 spiro atoms. The van der Waals surface area contributed by atoms with E-state index < -0.39 is 0 Å². The quantitative estimate of drug-likeness (QED) is 0.329. The molecule has 1 aromatic heterocycles. The van der Waals surface area contributed by atoms with Crippen LogP contribution in [0.1, 0.15) is 76.0 Å². The number of oxazole rings is 1. The Hall–Kier alpha value is -2.55. The summed E-state index contributed by atoms with van der Waals surface area (Å²) in [6.45, 7) is 5.02. The first-order valence-electron chi connectivity index (χ1n) is 11.0. The SMILES string of the molecule is CCCCCCCCC(C)c1c(-c2ccccc2)oc(=O)n1Cc1ccccc1. The van der Waals surface area contributed by atoms with E-state index in [1.165, 1.54) is 38.5 Å². The molecule has 0 amide bonds. The molecule has 0 fully saturated rings. The van der Waals surface area contributed by atoms with Crippen LogP contribution in [0.5, 0.6) is 0 Å². The number of hydrogen-bond donors (Lipinski definition) is 0. The standard InChI is InChI=1S/C26H33NO2/c1-3-4-5-6-7-10-15-21(2)24-25(23-18-13-9-14-19-23)29-26(28)27(24)20-22-16-11-8-12-17-22/h8-9,11-14,16-19,21H,3-7,10,15,20H2,1-2H3. The maximum absolute atomic E-state index is 12.8. The normalized spacial score (nSPS) is 12.2. The zero-order valence-electron chi connectivity index (χ0n) is 17.8. The van der Waals surface area contributed by atoms with Crippen molar-refractivity contribution in [1.29, 1.82) is 0 Å². The Bertz CT molecular complexity index is 909. The maximum atomic E-state index is 12.8. The van der Waals surface area contributed by atoms with Gasteiger partial charge in [-0.15, -0.1) is 0 Å². The van der Waals surface area contributed by atoms with Gasteiger partial charge in [0, 0.05) is 11.5 Å². The monoisotopic (exact) mass is 391 g/mol. The lowest BCUT2D eigenvalue weighted by atomic mass is 9.95. The van der Waals surface area contributed by atoms with Crippen molar-refractivity contribution in [1.82, 2.24) is 4.57 Å². The van der Waals surface area contributed by atoms with Gasteiger partial charge in [-0.1, -0.05) is 113 Å². The summed E-state index contributed by atoms with van der Waals surface area (Å²) in [4.78, 5) is 12.8. The minimum Gasteiger partial charge on any atom is -0.407 e. The highest BCUT2D eigenvalue weighted by atomic mass is 16.4. The zero-order valence-corrected chi connectivity index (χ0v) is 17.8. The molecule has 2 aromatic carbocycles. The van der Waals surface area contributed by atoms with E-state index in [0.717, 1.165) is 29.0 Å². The molecule has 154 valence electrons. The molecule has 0 N–H and O–H groups in total.